The summed E-state index contributed by atoms with van der Waals surface area (Å²) in [6.07, 6.45) is 7.12. The first-order valence-corrected chi connectivity index (χ1v) is 10.6. The highest BCUT2D eigenvalue weighted by molar-refractivity contribution is 5.79. The van der Waals surface area contributed by atoms with Gasteiger partial charge in [-0.05, 0) is 42.2 Å². The summed E-state index contributed by atoms with van der Waals surface area (Å²) in [5.74, 6) is 3.26. The van der Waals surface area contributed by atoms with Crippen LogP contribution in [0.3, 0.4) is 0 Å². The lowest BCUT2D eigenvalue weighted by atomic mass is 10.2. The third kappa shape index (κ3) is 6.02. The summed E-state index contributed by atoms with van der Waals surface area (Å²) in [6.45, 7) is 3.51. The van der Waals surface area contributed by atoms with Crippen molar-refractivity contribution in [1.29, 1.82) is 0 Å². The van der Waals surface area contributed by atoms with Crippen molar-refractivity contribution in [1.82, 2.24) is 15.6 Å². The molecule has 30 heavy (non-hydrogen) atoms. The molecular formula is C23H33N5O2. The Balaban J connectivity index is 1.50. The Labute approximate surface area is 179 Å². The molecular weight excluding hydrogens is 378 g/mol. The normalized spacial score (nSPS) is 14.8. The Hall–Kier alpha value is -2.96. The molecule has 0 bridgehead atoms. The molecule has 0 spiro atoms. The fraction of sp³-hybridized carbons (Fsp3) is 0.478. The Bertz CT molecular complexity index is 815. The minimum absolute atomic E-state index is 0.631. The van der Waals surface area contributed by atoms with Gasteiger partial charge in [-0.2, -0.15) is 0 Å². The maximum Gasteiger partial charge on any atom is 0.191 e. The van der Waals surface area contributed by atoms with Crippen LogP contribution in [-0.2, 0) is 13.1 Å². The van der Waals surface area contributed by atoms with E-state index in [1.807, 2.05) is 24.4 Å². The molecule has 1 aromatic carbocycles. The first-order valence-electron chi connectivity index (χ1n) is 10.6. The summed E-state index contributed by atoms with van der Waals surface area (Å²) in [5.41, 5.74) is 2.21. The van der Waals surface area contributed by atoms with Gasteiger partial charge in [0.15, 0.2) is 17.5 Å². The van der Waals surface area contributed by atoms with Crippen LogP contribution in [0.1, 0.15) is 36.8 Å². The summed E-state index contributed by atoms with van der Waals surface area (Å²) < 4.78 is 10.7. The van der Waals surface area contributed by atoms with E-state index in [0.29, 0.717) is 13.1 Å². The van der Waals surface area contributed by atoms with E-state index in [2.05, 4.69) is 37.6 Å². The first-order chi connectivity index (χ1) is 14.7. The molecule has 2 N–H and O–H groups in total. The fourth-order valence-electron chi connectivity index (χ4n) is 3.59. The minimum atomic E-state index is 0.631. The van der Waals surface area contributed by atoms with Crippen LogP contribution in [0, 0.1) is 0 Å². The van der Waals surface area contributed by atoms with E-state index in [4.69, 9.17) is 9.47 Å². The molecule has 1 fully saturated rings. The monoisotopic (exact) mass is 411 g/mol. The van der Waals surface area contributed by atoms with Crippen molar-refractivity contribution >= 4 is 11.8 Å². The lowest BCUT2D eigenvalue weighted by Gasteiger charge is -2.21. The molecule has 1 aliphatic heterocycles. The number of benzene rings is 1. The van der Waals surface area contributed by atoms with Gasteiger partial charge in [-0.15, -0.1) is 0 Å². The highest BCUT2D eigenvalue weighted by atomic mass is 16.5. The molecule has 162 valence electrons. The Kier molecular flexibility index (Phi) is 8.18. The second-order valence-corrected chi connectivity index (χ2v) is 7.39. The van der Waals surface area contributed by atoms with Gasteiger partial charge < -0.3 is 25.0 Å². The number of guanidine groups is 1. The molecule has 0 unspecified atom stereocenters. The maximum atomic E-state index is 5.37. The average molecular weight is 412 g/mol. The van der Waals surface area contributed by atoms with Gasteiger partial charge in [-0.25, -0.2) is 4.98 Å². The van der Waals surface area contributed by atoms with E-state index in [-0.39, 0.29) is 0 Å². The van der Waals surface area contributed by atoms with Crippen LogP contribution in [-0.4, -0.2) is 45.3 Å². The van der Waals surface area contributed by atoms with E-state index in [1.54, 1.807) is 21.3 Å². The van der Waals surface area contributed by atoms with Gasteiger partial charge in [-0.3, -0.25) is 4.99 Å². The second kappa shape index (κ2) is 11.3. The molecule has 0 atom stereocenters. The summed E-state index contributed by atoms with van der Waals surface area (Å²) in [5, 5.41) is 6.67. The highest BCUT2D eigenvalue weighted by Crippen LogP contribution is 2.27. The number of rotatable bonds is 7. The van der Waals surface area contributed by atoms with Gasteiger partial charge in [0.05, 0.1) is 14.2 Å². The van der Waals surface area contributed by atoms with Gasteiger partial charge in [-0.1, -0.05) is 25.0 Å². The maximum absolute atomic E-state index is 5.37. The second-order valence-electron chi connectivity index (χ2n) is 7.39. The predicted octanol–water partition coefficient (Wildman–Crippen LogP) is 3.34. The van der Waals surface area contributed by atoms with Crippen molar-refractivity contribution in [2.75, 3.05) is 39.3 Å². The van der Waals surface area contributed by atoms with Crippen molar-refractivity contribution in [3.8, 4) is 11.5 Å². The van der Waals surface area contributed by atoms with Crippen LogP contribution in [0.5, 0.6) is 11.5 Å². The smallest absolute Gasteiger partial charge is 0.191 e. The molecule has 0 saturated carbocycles. The SMILES string of the molecule is CN=C(NCc1ccc(N2CCCCCC2)nc1)NCc1ccc(OC)c(OC)c1. The van der Waals surface area contributed by atoms with Crippen LogP contribution in [0.15, 0.2) is 41.5 Å². The van der Waals surface area contributed by atoms with E-state index < -0.39 is 0 Å². The summed E-state index contributed by atoms with van der Waals surface area (Å²) in [4.78, 5) is 11.4. The number of anilines is 1. The molecule has 0 amide bonds. The molecule has 2 heterocycles. The minimum Gasteiger partial charge on any atom is -0.493 e. The molecule has 0 radical (unpaired) electrons. The number of hydrogen-bond donors (Lipinski definition) is 2. The number of pyridine rings is 1. The van der Waals surface area contributed by atoms with E-state index in [0.717, 1.165) is 47.5 Å². The number of nitrogens with zero attached hydrogens (tertiary/aromatic N) is 3. The van der Waals surface area contributed by atoms with Crippen molar-refractivity contribution in [3.05, 3.63) is 47.7 Å². The van der Waals surface area contributed by atoms with Crippen molar-refractivity contribution < 1.29 is 9.47 Å². The molecule has 1 aliphatic rings. The average Bonchev–Trinajstić information content (AvgIpc) is 3.09. The number of aromatic nitrogens is 1. The summed E-state index contributed by atoms with van der Waals surface area (Å²) in [6, 6.07) is 10.1. The van der Waals surface area contributed by atoms with E-state index in [9.17, 15) is 0 Å². The van der Waals surface area contributed by atoms with Gasteiger partial charge >= 0.3 is 0 Å². The first kappa shape index (κ1) is 21.7. The number of hydrogen-bond acceptors (Lipinski definition) is 5. The van der Waals surface area contributed by atoms with Crippen molar-refractivity contribution in [2.45, 2.75) is 38.8 Å². The topological polar surface area (TPSA) is 71.0 Å². The van der Waals surface area contributed by atoms with E-state index in [1.165, 1.54) is 25.7 Å². The van der Waals surface area contributed by atoms with Crippen LogP contribution < -0.4 is 25.0 Å². The number of methoxy groups -OCH3 is 2. The third-order valence-electron chi connectivity index (χ3n) is 5.33. The number of ether oxygens (including phenoxy) is 2. The predicted molar refractivity (Wildman–Crippen MR) is 122 cm³/mol. The van der Waals surface area contributed by atoms with Gasteiger partial charge in [0.25, 0.3) is 0 Å². The lowest BCUT2D eigenvalue weighted by molar-refractivity contribution is 0.354. The Morgan fingerprint density at radius 1 is 0.933 bits per heavy atom. The van der Waals surface area contributed by atoms with Crippen LogP contribution in [0.25, 0.3) is 0 Å². The van der Waals surface area contributed by atoms with Crippen LogP contribution >= 0.6 is 0 Å². The Morgan fingerprint density at radius 2 is 1.60 bits per heavy atom. The molecule has 7 heteroatoms. The molecule has 7 nitrogen and oxygen atoms in total. The molecule has 1 saturated heterocycles. The van der Waals surface area contributed by atoms with Crippen LogP contribution in [0.2, 0.25) is 0 Å². The summed E-state index contributed by atoms with van der Waals surface area (Å²) in [7, 11) is 5.04. The van der Waals surface area contributed by atoms with Gasteiger partial charge in [0.2, 0.25) is 0 Å². The quantitative estimate of drug-likeness (QED) is 0.538. The molecule has 3 rings (SSSR count). The van der Waals surface area contributed by atoms with Crippen molar-refractivity contribution in [3.63, 3.8) is 0 Å². The molecule has 1 aromatic heterocycles. The van der Waals surface area contributed by atoms with Gasteiger partial charge in [0.1, 0.15) is 5.82 Å². The number of nitrogens with one attached hydrogen (secondary N) is 2. The Morgan fingerprint density at radius 3 is 2.20 bits per heavy atom. The number of aliphatic imine (C=N–C) groups is 1. The van der Waals surface area contributed by atoms with Crippen molar-refractivity contribution in [2.24, 2.45) is 4.99 Å². The highest BCUT2D eigenvalue weighted by Gasteiger charge is 2.11. The zero-order valence-corrected chi connectivity index (χ0v) is 18.3. The third-order valence-corrected chi connectivity index (χ3v) is 5.33. The van der Waals surface area contributed by atoms with Crippen LogP contribution in [0.4, 0.5) is 5.82 Å². The van der Waals surface area contributed by atoms with Gasteiger partial charge in [0, 0.05) is 39.4 Å². The zero-order chi connectivity index (χ0) is 21.2. The zero-order valence-electron chi connectivity index (χ0n) is 18.3. The lowest BCUT2D eigenvalue weighted by Crippen LogP contribution is -2.36. The summed E-state index contributed by atoms with van der Waals surface area (Å²) >= 11 is 0. The largest absolute Gasteiger partial charge is 0.493 e. The fourth-order valence-corrected chi connectivity index (χ4v) is 3.59. The molecule has 0 aliphatic carbocycles. The standard InChI is InChI=1S/C23H33N5O2/c1-24-23(26-15-18-8-10-20(29-2)21(14-18)30-3)27-17-19-9-11-22(25-16-19)28-12-6-4-5-7-13-28/h8-11,14,16H,4-7,12-13,15,17H2,1-3H3,(H2,24,26,27). The van der Waals surface area contributed by atoms with E-state index >= 15 is 0 Å². The molecule has 2 aromatic rings.